The molecule has 2 heterocycles. The summed E-state index contributed by atoms with van der Waals surface area (Å²) < 4.78 is 5.49. The summed E-state index contributed by atoms with van der Waals surface area (Å²) in [6.45, 7) is 0.687. The molecule has 0 bridgehead atoms. The van der Waals surface area contributed by atoms with Gasteiger partial charge >= 0.3 is 0 Å². The van der Waals surface area contributed by atoms with Gasteiger partial charge < -0.3 is 15.6 Å². The Kier molecular flexibility index (Phi) is 3.45. The first kappa shape index (κ1) is 10.7. The lowest BCUT2D eigenvalue weighted by atomic mass is 10.1. The van der Waals surface area contributed by atoms with Crippen molar-refractivity contribution < 1.29 is 9.84 Å². The quantitative estimate of drug-likeness (QED) is 0.781. The van der Waals surface area contributed by atoms with Crippen LogP contribution in [0.5, 0.6) is 0 Å². The molecule has 3 N–H and O–H groups in total. The average molecular weight is 226 g/mol. The fourth-order valence-electron chi connectivity index (χ4n) is 1.57. The molecule has 0 aromatic carbocycles. The second kappa shape index (κ2) is 4.83. The summed E-state index contributed by atoms with van der Waals surface area (Å²) in [5.74, 6) is 2.17. The lowest BCUT2D eigenvalue weighted by Gasteiger charge is -2.27. The first-order valence-corrected chi connectivity index (χ1v) is 6.02. The summed E-state index contributed by atoms with van der Waals surface area (Å²) in [6.07, 6.45) is 0.768. The van der Waals surface area contributed by atoms with Gasteiger partial charge in [-0.2, -0.15) is 11.8 Å². The van der Waals surface area contributed by atoms with Crippen LogP contribution in [-0.4, -0.2) is 34.3 Å². The third kappa shape index (κ3) is 2.42. The topological polar surface area (TPSA) is 68.4 Å². The maximum Gasteiger partial charge on any atom is 0.129 e. The second-order valence-corrected chi connectivity index (χ2v) is 4.56. The fraction of sp³-hybridized carbons (Fsp3) is 0.500. The van der Waals surface area contributed by atoms with E-state index in [0.717, 1.165) is 11.5 Å². The first-order valence-electron chi connectivity index (χ1n) is 4.87. The third-order valence-corrected chi connectivity index (χ3v) is 3.40. The number of anilines is 1. The lowest BCUT2D eigenvalue weighted by Crippen LogP contribution is -2.30. The molecule has 4 nitrogen and oxygen atoms in total. The number of pyridine rings is 1. The predicted molar refractivity (Wildman–Crippen MR) is 60.7 cm³/mol. The first-order chi connectivity index (χ1) is 7.29. The van der Waals surface area contributed by atoms with Crippen LogP contribution in [0.4, 0.5) is 5.82 Å². The molecule has 1 aliphatic rings. The Labute approximate surface area is 92.8 Å². The van der Waals surface area contributed by atoms with Gasteiger partial charge in [0.1, 0.15) is 11.9 Å². The molecule has 15 heavy (non-hydrogen) atoms. The van der Waals surface area contributed by atoms with E-state index < -0.39 is 6.10 Å². The van der Waals surface area contributed by atoms with Crippen LogP contribution in [0.25, 0.3) is 0 Å². The van der Waals surface area contributed by atoms with Crippen LogP contribution in [0.15, 0.2) is 18.3 Å². The van der Waals surface area contributed by atoms with Crippen molar-refractivity contribution >= 4 is 17.6 Å². The molecule has 0 saturated carbocycles. The van der Waals surface area contributed by atoms with E-state index >= 15 is 0 Å². The molecule has 5 heteroatoms. The maximum atomic E-state index is 10.1. The average Bonchev–Trinajstić information content (AvgIpc) is 2.30. The van der Waals surface area contributed by atoms with Gasteiger partial charge in [0, 0.05) is 23.3 Å². The van der Waals surface area contributed by atoms with Crippen LogP contribution in [-0.2, 0) is 4.74 Å². The highest BCUT2D eigenvalue weighted by atomic mass is 32.2. The summed E-state index contributed by atoms with van der Waals surface area (Å²) in [6, 6.07) is 3.56. The number of aromatic nitrogens is 1. The Bertz CT molecular complexity index is 329. The maximum absolute atomic E-state index is 10.1. The Hall–Kier alpha value is -0.780. The number of nitrogens with zero attached hydrogens (tertiary/aromatic N) is 1. The van der Waals surface area contributed by atoms with Crippen molar-refractivity contribution in [1.29, 1.82) is 0 Å². The van der Waals surface area contributed by atoms with Gasteiger partial charge in [-0.25, -0.2) is 4.98 Å². The predicted octanol–water partition coefficient (Wildman–Crippen LogP) is 0.829. The second-order valence-electron chi connectivity index (χ2n) is 3.41. The van der Waals surface area contributed by atoms with Gasteiger partial charge in [0.2, 0.25) is 0 Å². The van der Waals surface area contributed by atoms with E-state index in [2.05, 4.69) is 4.98 Å². The lowest BCUT2D eigenvalue weighted by molar-refractivity contribution is -0.0225. The number of nitrogen functional groups attached to an aromatic ring is 1. The van der Waals surface area contributed by atoms with Gasteiger partial charge in [-0.15, -0.1) is 0 Å². The number of rotatable bonds is 2. The van der Waals surface area contributed by atoms with Crippen LogP contribution in [0.2, 0.25) is 0 Å². The molecule has 1 aromatic rings. The van der Waals surface area contributed by atoms with E-state index in [9.17, 15) is 5.11 Å². The van der Waals surface area contributed by atoms with E-state index in [1.807, 2.05) is 0 Å². The smallest absolute Gasteiger partial charge is 0.129 e. The van der Waals surface area contributed by atoms with E-state index in [-0.39, 0.29) is 6.10 Å². The van der Waals surface area contributed by atoms with Crippen molar-refractivity contribution in [3.8, 4) is 0 Å². The largest absolute Gasteiger partial charge is 0.386 e. The third-order valence-electron chi connectivity index (χ3n) is 2.38. The molecule has 0 aliphatic carbocycles. The zero-order valence-electron chi connectivity index (χ0n) is 8.30. The standard InChI is InChI=1S/C10H14N2O2S/c11-10-7(2-1-3-12-10)9(13)8-6-15-5-4-14-8/h1-3,8-9,13H,4-6H2,(H2,11,12). The van der Waals surface area contributed by atoms with Gasteiger partial charge in [-0.1, -0.05) is 6.07 Å². The minimum atomic E-state index is -0.675. The number of aliphatic hydroxyl groups is 1. The Morgan fingerprint density at radius 2 is 2.53 bits per heavy atom. The number of thioether (sulfide) groups is 1. The van der Waals surface area contributed by atoms with Crippen molar-refractivity contribution in [2.24, 2.45) is 0 Å². The summed E-state index contributed by atoms with van der Waals surface area (Å²) in [4.78, 5) is 3.95. The molecular weight excluding hydrogens is 212 g/mol. The van der Waals surface area contributed by atoms with Crippen molar-refractivity contribution in [3.05, 3.63) is 23.9 Å². The molecule has 0 spiro atoms. The highest BCUT2D eigenvalue weighted by molar-refractivity contribution is 7.99. The molecule has 1 saturated heterocycles. The van der Waals surface area contributed by atoms with Crippen molar-refractivity contribution in [2.45, 2.75) is 12.2 Å². The Morgan fingerprint density at radius 3 is 3.20 bits per heavy atom. The molecule has 82 valence electrons. The number of hydrogen-bond acceptors (Lipinski definition) is 5. The SMILES string of the molecule is Nc1ncccc1C(O)C1CSCCO1. The summed E-state index contributed by atoms with van der Waals surface area (Å²) >= 11 is 1.79. The molecule has 1 aliphatic heterocycles. The van der Waals surface area contributed by atoms with Crippen molar-refractivity contribution in [2.75, 3.05) is 23.8 Å². The molecular formula is C10H14N2O2S. The van der Waals surface area contributed by atoms with Crippen LogP contribution in [0.1, 0.15) is 11.7 Å². The zero-order valence-corrected chi connectivity index (χ0v) is 9.11. The van der Waals surface area contributed by atoms with E-state index in [1.165, 1.54) is 0 Å². The summed E-state index contributed by atoms with van der Waals surface area (Å²) in [7, 11) is 0. The molecule has 0 radical (unpaired) electrons. The monoisotopic (exact) mass is 226 g/mol. The Balaban J connectivity index is 2.12. The molecule has 1 fully saturated rings. The van der Waals surface area contributed by atoms with E-state index in [4.69, 9.17) is 10.5 Å². The molecule has 2 rings (SSSR count). The van der Waals surface area contributed by atoms with E-state index in [0.29, 0.717) is 18.0 Å². The van der Waals surface area contributed by atoms with Crippen LogP contribution in [0, 0.1) is 0 Å². The van der Waals surface area contributed by atoms with Gasteiger partial charge in [0.25, 0.3) is 0 Å². The van der Waals surface area contributed by atoms with Crippen LogP contribution < -0.4 is 5.73 Å². The van der Waals surface area contributed by atoms with Crippen molar-refractivity contribution in [3.63, 3.8) is 0 Å². The van der Waals surface area contributed by atoms with Crippen molar-refractivity contribution in [1.82, 2.24) is 4.98 Å². The number of hydrogen-bond donors (Lipinski definition) is 2. The van der Waals surface area contributed by atoms with Gasteiger partial charge in [-0.3, -0.25) is 0 Å². The van der Waals surface area contributed by atoms with Gasteiger partial charge in [0.15, 0.2) is 0 Å². The highest BCUT2D eigenvalue weighted by Crippen LogP contribution is 2.27. The number of ether oxygens (including phenoxy) is 1. The summed E-state index contributed by atoms with van der Waals surface area (Å²) in [5.41, 5.74) is 6.35. The van der Waals surface area contributed by atoms with Crippen LogP contribution >= 0.6 is 11.8 Å². The number of aliphatic hydroxyl groups excluding tert-OH is 1. The van der Waals surface area contributed by atoms with Gasteiger partial charge in [-0.05, 0) is 6.07 Å². The molecule has 2 unspecified atom stereocenters. The minimum absolute atomic E-state index is 0.171. The van der Waals surface area contributed by atoms with Gasteiger partial charge in [0.05, 0.1) is 12.7 Å². The minimum Gasteiger partial charge on any atom is -0.386 e. The Morgan fingerprint density at radius 1 is 1.67 bits per heavy atom. The highest BCUT2D eigenvalue weighted by Gasteiger charge is 2.25. The molecule has 2 atom stereocenters. The molecule has 0 amide bonds. The normalized spacial score (nSPS) is 23.7. The summed E-state index contributed by atoms with van der Waals surface area (Å²) in [5, 5.41) is 10.1. The fourth-order valence-corrected chi connectivity index (χ4v) is 2.46. The number of nitrogens with two attached hydrogens (primary N) is 1. The van der Waals surface area contributed by atoms with E-state index in [1.54, 1.807) is 30.1 Å². The zero-order chi connectivity index (χ0) is 10.7. The van der Waals surface area contributed by atoms with Crippen LogP contribution in [0.3, 0.4) is 0 Å². The molecule has 1 aromatic heterocycles.